The van der Waals surface area contributed by atoms with Crippen molar-refractivity contribution < 1.29 is 23.7 Å². The maximum absolute atomic E-state index is 12.4. The van der Waals surface area contributed by atoms with Crippen molar-refractivity contribution in [3.63, 3.8) is 0 Å². The van der Waals surface area contributed by atoms with Gasteiger partial charge >= 0.3 is 0 Å². The monoisotopic (exact) mass is 359 g/mol. The van der Waals surface area contributed by atoms with E-state index >= 15 is 0 Å². The highest BCUT2D eigenvalue weighted by Crippen LogP contribution is 2.30. The van der Waals surface area contributed by atoms with Crippen molar-refractivity contribution in [1.82, 2.24) is 5.32 Å². The van der Waals surface area contributed by atoms with Crippen molar-refractivity contribution in [2.45, 2.75) is 26.0 Å². The van der Waals surface area contributed by atoms with Crippen molar-refractivity contribution in [2.75, 3.05) is 21.3 Å². The molecule has 0 unspecified atom stereocenters. The number of hydrogen-bond donors (Lipinski definition) is 1. The van der Waals surface area contributed by atoms with Crippen LogP contribution in [0.3, 0.4) is 0 Å². The maximum Gasteiger partial charge on any atom is 0.261 e. The van der Waals surface area contributed by atoms with E-state index in [1.54, 1.807) is 52.5 Å². The SMILES string of the molecule is COc1ccc(O[C@H](C)C(=O)N[C@H](C)c2ccc(OC)c(OC)c2)cc1. The van der Waals surface area contributed by atoms with Crippen LogP contribution in [-0.4, -0.2) is 33.3 Å². The Bertz CT molecular complexity index is 729. The molecule has 0 aliphatic heterocycles. The number of carbonyl (C=O) groups excluding carboxylic acids is 1. The van der Waals surface area contributed by atoms with Crippen LogP contribution in [0.4, 0.5) is 0 Å². The lowest BCUT2D eigenvalue weighted by Gasteiger charge is -2.20. The third-order valence-corrected chi connectivity index (χ3v) is 4.01. The Morgan fingerprint density at radius 1 is 0.846 bits per heavy atom. The van der Waals surface area contributed by atoms with Crippen LogP contribution in [0.15, 0.2) is 42.5 Å². The predicted molar refractivity (Wildman–Crippen MR) is 99.2 cm³/mol. The summed E-state index contributed by atoms with van der Waals surface area (Å²) in [6.45, 7) is 3.61. The van der Waals surface area contributed by atoms with Crippen LogP contribution in [0.5, 0.6) is 23.0 Å². The molecule has 0 aromatic heterocycles. The zero-order chi connectivity index (χ0) is 19.1. The lowest BCUT2D eigenvalue weighted by Crippen LogP contribution is -2.37. The van der Waals surface area contributed by atoms with Gasteiger partial charge in [-0.05, 0) is 55.8 Å². The zero-order valence-corrected chi connectivity index (χ0v) is 15.7. The molecule has 0 fully saturated rings. The van der Waals surface area contributed by atoms with Gasteiger partial charge in [0.05, 0.1) is 27.4 Å². The highest BCUT2D eigenvalue weighted by atomic mass is 16.5. The summed E-state index contributed by atoms with van der Waals surface area (Å²) in [5.74, 6) is 2.39. The fourth-order valence-electron chi connectivity index (χ4n) is 2.45. The van der Waals surface area contributed by atoms with E-state index in [0.717, 1.165) is 11.3 Å². The molecule has 2 aromatic rings. The molecule has 6 nitrogen and oxygen atoms in total. The lowest BCUT2D eigenvalue weighted by atomic mass is 10.1. The number of amides is 1. The van der Waals surface area contributed by atoms with E-state index in [1.165, 1.54) is 0 Å². The van der Waals surface area contributed by atoms with Crippen molar-refractivity contribution in [2.24, 2.45) is 0 Å². The van der Waals surface area contributed by atoms with Crippen LogP contribution < -0.4 is 24.3 Å². The van der Waals surface area contributed by atoms with E-state index < -0.39 is 6.10 Å². The molecule has 0 radical (unpaired) electrons. The Kier molecular flexibility index (Phi) is 6.72. The fraction of sp³-hybridized carbons (Fsp3) is 0.350. The molecule has 2 rings (SSSR count). The van der Waals surface area contributed by atoms with Crippen LogP contribution in [0, 0.1) is 0 Å². The highest BCUT2D eigenvalue weighted by molar-refractivity contribution is 5.81. The second kappa shape index (κ2) is 8.99. The topological polar surface area (TPSA) is 66.0 Å². The van der Waals surface area contributed by atoms with Gasteiger partial charge in [-0.1, -0.05) is 6.07 Å². The number of carbonyl (C=O) groups is 1. The van der Waals surface area contributed by atoms with Gasteiger partial charge in [-0.2, -0.15) is 0 Å². The number of benzene rings is 2. The smallest absolute Gasteiger partial charge is 0.261 e. The van der Waals surface area contributed by atoms with E-state index in [-0.39, 0.29) is 11.9 Å². The first-order chi connectivity index (χ1) is 12.5. The molecule has 0 heterocycles. The van der Waals surface area contributed by atoms with Crippen LogP contribution in [0.1, 0.15) is 25.5 Å². The minimum atomic E-state index is -0.633. The molecule has 6 heteroatoms. The molecule has 0 bridgehead atoms. The quantitative estimate of drug-likeness (QED) is 0.783. The molecule has 0 aliphatic carbocycles. The first-order valence-corrected chi connectivity index (χ1v) is 8.31. The average Bonchev–Trinajstić information content (AvgIpc) is 2.67. The molecular formula is C20H25NO5. The van der Waals surface area contributed by atoms with Crippen LogP contribution in [0.2, 0.25) is 0 Å². The van der Waals surface area contributed by atoms with Crippen LogP contribution in [-0.2, 0) is 4.79 Å². The van der Waals surface area contributed by atoms with Crippen molar-refractivity contribution >= 4 is 5.91 Å². The molecule has 0 spiro atoms. The molecule has 2 aromatic carbocycles. The van der Waals surface area contributed by atoms with E-state index in [2.05, 4.69) is 5.32 Å². The van der Waals surface area contributed by atoms with Gasteiger partial charge in [0.2, 0.25) is 0 Å². The highest BCUT2D eigenvalue weighted by Gasteiger charge is 2.18. The fourth-order valence-corrected chi connectivity index (χ4v) is 2.45. The minimum absolute atomic E-state index is 0.204. The molecular weight excluding hydrogens is 334 g/mol. The van der Waals surface area contributed by atoms with E-state index in [4.69, 9.17) is 18.9 Å². The molecule has 2 atom stereocenters. The summed E-state index contributed by atoms with van der Waals surface area (Å²) in [6, 6.07) is 12.4. The van der Waals surface area contributed by atoms with Gasteiger partial charge in [0.1, 0.15) is 11.5 Å². The second-order valence-corrected chi connectivity index (χ2v) is 5.78. The van der Waals surface area contributed by atoms with E-state index in [0.29, 0.717) is 17.2 Å². The minimum Gasteiger partial charge on any atom is -0.497 e. The number of rotatable bonds is 8. The summed E-state index contributed by atoms with van der Waals surface area (Å²) < 4.78 is 21.3. The molecule has 0 saturated carbocycles. The zero-order valence-electron chi connectivity index (χ0n) is 15.7. The lowest BCUT2D eigenvalue weighted by molar-refractivity contribution is -0.127. The Morgan fingerprint density at radius 2 is 1.46 bits per heavy atom. The molecule has 0 aliphatic rings. The Hall–Kier alpha value is -2.89. The Labute approximate surface area is 154 Å². The maximum atomic E-state index is 12.4. The van der Waals surface area contributed by atoms with Crippen LogP contribution >= 0.6 is 0 Å². The average molecular weight is 359 g/mol. The molecule has 1 N–H and O–H groups in total. The third-order valence-electron chi connectivity index (χ3n) is 4.01. The van der Waals surface area contributed by atoms with Gasteiger partial charge in [-0.15, -0.1) is 0 Å². The first-order valence-electron chi connectivity index (χ1n) is 8.31. The summed E-state index contributed by atoms with van der Waals surface area (Å²) in [7, 11) is 4.76. The van der Waals surface area contributed by atoms with Crippen molar-refractivity contribution in [3.05, 3.63) is 48.0 Å². The Balaban J connectivity index is 1.98. The Morgan fingerprint density at radius 3 is 2.04 bits per heavy atom. The number of methoxy groups -OCH3 is 3. The third kappa shape index (κ3) is 4.81. The molecule has 0 saturated heterocycles. The number of ether oxygens (including phenoxy) is 4. The van der Waals surface area contributed by atoms with E-state index in [9.17, 15) is 4.79 Å². The molecule has 140 valence electrons. The standard InChI is InChI=1S/C20H25NO5/c1-13(15-6-11-18(24-4)19(12-15)25-5)21-20(22)14(2)26-17-9-7-16(23-3)8-10-17/h6-14H,1-5H3,(H,21,22)/t13-,14-/m1/s1. The second-order valence-electron chi connectivity index (χ2n) is 5.78. The van der Waals surface area contributed by atoms with Gasteiger partial charge in [-0.3, -0.25) is 4.79 Å². The predicted octanol–water partition coefficient (Wildman–Crippen LogP) is 3.36. The van der Waals surface area contributed by atoms with Crippen molar-refractivity contribution in [3.8, 4) is 23.0 Å². The molecule has 26 heavy (non-hydrogen) atoms. The summed E-state index contributed by atoms with van der Waals surface area (Å²) in [5.41, 5.74) is 0.910. The summed E-state index contributed by atoms with van der Waals surface area (Å²) in [6.07, 6.45) is -0.633. The normalized spacial score (nSPS) is 12.7. The first kappa shape index (κ1) is 19.4. The molecule has 1 amide bonds. The van der Waals surface area contributed by atoms with Gasteiger partial charge in [0.15, 0.2) is 17.6 Å². The van der Waals surface area contributed by atoms with E-state index in [1.807, 2.05) is 25.1 Å². The number of hydrogen-bond acceptors (Lipinski definition) is 5. The summed E-state index contributed by atoms with van der Waals surface area (Å²) in [4.78, 5) is 12.4. The van der Waals surface area contributed by atoms with Gasteiger partial charge in [0.25, 0.3) is 5.91 Å². The van der Waals surface area contributed by atoms with Gasteiger partial charge < -0.3 is 24.3 Å². The largest absolute Gasteiger partial charge is 0.497 e. The van der Waals surface area contributed by atoms with Crippen LogP contribution in [0.25, 0.3) is 0 Å². The van der Waals surface area contributed by atoms with Crippen molar-refractivity contribution in [1.29, 1.82) is 0 Å². The van der Waals surface area contributed by atoms with Gasteiger partial charge in [0, 0.05) is 0 Å². The summed E-state index contributed by atoms with van der Waals surface area (Å²) >= 11 is 0. The van der Waals surface area contributed by atoms with Gasteiger partial charge in [-0.25, -0.2) is 0 Å². The number of nitrogens with one attached hydrogen (secondary N) is 1. The summed E-state index contributed by atoms with van der Waals surface area (Å²) in [5, 5.41) is 2.94.